The van der Waals surface area contributed by atoms with Gasteiger partial charge in [-0.3, -0.25) is 0 Å². The SMILES string of the molecule is CC(C)(C)NC(=O)OCCC1CNCCO1. The highest BCUT2D eigenvalue weighted by molar-refractivity contribution is 5.67. The maximum atomic E-state index is 11.3. The standard InChI is InChI=1S/C11H22N2O3/c1-11(2,3)13-10(14)16-6-4-9-8-12-5-7-15-9/h9,12H,4-8H2,1-3H3,(H,13,14). The van der Waals surface area contributed by atoms with Crippen molar-refractivity contribution < 1.29 is 14.3 Å². The van der Waals surface area contributed by atoms with Gasteiger partial charge in [-0.05, 0) is 20.8 Å². The number of alkyl carbamates (subject to hydrolysis) is 1. The third-order valence-corrected chi connectivity index (χ3v) is 2.15. The van der Waals surface area contributed by atoms with E-state index < -0.39 is 0 Å². The Morgan fingerprint density at radius 3 is 2.88 bits per heavy atom. The molecule has 0 spiro atoms. The molecule has 1 fully saturated rings. The fraction of sp³-hybridized carbons (Fsp3) is 0.909. The Bertz CT molecular complexity index is 220. The Balaban J connectivity index is 2.08. The van der Waals surface area contributed by atoms with Crippen LogP contribution in [0.5, 0.6) is 0 Å². The Morgan fingerprint density at radius 1 is 1.56 bits per heavy atom. The fourth-order valence-corrected chi connectivity index (χ4v) is 1.43. The average Bonchev–Trinajstić information content (AvgIpc) is 2.16. The molecule has 1 rings (SSSR count). The van der Waals surface area contributed by atoms with Crippen LogP contribution in [0, 0.1) is 0 Å². The van der Waals surface area contributed by atoms with E-state index in [1.54, 1.807) is 0 Å². The van der Waals surface area contributed by atoms with Crippen molar-refractivity contribution in [2.45, 2.75) is 38.8 Å². The van der Waals surface area contributed by atoms with Crippen molar-refractivity contribution >= 4 is 6.09 Å². The molecule has 1 saturated heterocycles. The molecule has 1 heterocycles. The Kier molecular flexibility index (Phi) is 5.02. The number of carbonyl (C=O) groups excluding carboxylic acids is 1. The zero-order valence-electron chi connectivity index (χ0n) is 10.3. The topological polar surface area (TPSA) is 59.6 Å². The average molecular weight is 230 g/mol. The van der Waals surface area contributed by atoms with Gasteiger partial charge in [-0.1, -0.05) is 0 Å². The molecule has 0 radical (unpaired) electrons. The number of hydrogen-bond acceptors (Lipinski definition) is 4. The number of carbonyl (C=O) groups is 1. The van der Waals surface area contributed by atoms with Crippen LogP contribution in [0.2, 0.25) is 0 Å². The van der Waals surface area contributed by atoms with Crippen LogP contribution in [-0.2, 0) is 9.47 Å². The molecule has 0 aliphatic carbocycles. The highest BCUT2D eigenvalue weighted by atomic mass is 16.6. The number of ether oxygens (including phenoxy) is 2. The van der Waals surface area contributed by atoms with Crippen molar-refractivity contribution in [2.75, 3.05) is 26.3 Å². The maximum absolute atomic E-state index is 11.3. The van der Waals surface area contributed by atoms with Crippen LogP contribution in [0.25, 0.3) is 0 Å². The maximum Gasteiger partial charge on any atom is 0.407 e. The molecular formula is C11H22N2O3. The second kappa shape index (κ2) is 6.06. The lowest BCUT2D eigenvalue weighted by Gasteiger charge is -2.24. The van der Waals surface area contributed by atoms with E-state index in [-0.39, 0.29) is 17.7 Å². The summed E-state index contributed by atoms with van der Waals surface area (Å²) < 4.78 is 10.5. The van der Waals surface area contributed by atoms with Gasteiger partial charge >= 0.3 is 6.09 Å². The minimum Gasteiger partial charge on any atom is -0.449 e. The molecule has 1 amide bonds. The first-order chi connectivity index (χ1) is 7.47. The molecule has 1 aliphatic rings. The summed E-state index contributed by atoms with van der Waals surface area (Å²) in [6, 6.07) is 0. The third kappa shape index (κ3) is 5.92. The molecule has 94 valence electrons. The van der Waals surface area contributed by atoms with Crippen LogP contribution in [0.15, 0.2) is 0 Å². The second-order valence-corrected chi connectivity index (χ2v) is 5.00. The van der Waals surface area contributed by atoms with E-state index in [0.717, 1.165) is 26.1 Å². The van der Waals surface area contributed by atoms with Gasteiger partial charge in [-0.2, -0.15) is 0 Å². The van der Waals surface area contributed by atoms with Crippen LogP contribution in [0.3, 0.4) is 0 Å². The summed E-state index contributed by atoms with van der Waals surface area (Å²) in [5.74, 6) is 0. The molecule has 2 N–H and O–H groups in total. The van der Waals surface area contributed by atoms with Gasteiger partial charge in [-0.25, -0.2) is 4.79 Å². The molecular weight excluding hydrogens is 208 g/mol. The van der Waals surface area contributed by atoms with E-state index in [9.17, 15) is 4.79 Å². The van der Waals surface area contributed by atoms with Crippen LogP contribution >= 0.6 is 0 Å². The molecule has 0 aromatic heterocycles. The summed E-state index contributed by atoms with van der Waals surface area (Å²) in [6.45, 7) is 8.63. The smallest absolute Gasteiger partial charge is 0.407 e. The van der Waals surface area contributed by atoms with Gasteiger partial charge in [0.05, 0.1) is 19.3 Å². The van der Waals surface area contributed by atoms with Crippen molar-refractivity contribution in [3.8, 4) is 0 Å². The number of amides is 1. The van der Waals surface area contributed by atoms with Crippen LogP contribution in [-0.4, -0.2) is 44.0 Å². The van der Waals surface area contributed by atoms with Gasteiger partial charge in [0.15, 0.2) is 0 Å². The van der Waals surface area contributed by atoms with Gasteiger partial charge in [0.2, 0.25) is 0 Å². The predicted octanol–water partition coefficient (Wildman–Crippen LogP) is 0.890. The molecule has 5 nitrogen and oxygen atoms in total. The van der Waals surface area contributed by atoms with Crippen LogP contribution < -0.4 is 10.6 Å². The fourth-order valence-electron chi connectivity index (χ4n) is 1.43. The highest BCUT2D eigenvalue weighted by Gasteiger charge is 2.16. The summed E-state index contributed by atoms with van der Waals surface area (Å²) in [7, 11) is 0. The minimum absolute atomic E-state index is 0.163. The summed E-state index contributed by atoms with van der Waals surface area (Å²) in [4.78, 5) is 11.3. The number of rotatable bonds is 3. The molecule has 16 heavy (non-hydrogen) atoms. The van der Waals surface area contributed by atoms with E-state index in [1.807, 2.05) is 20.8 Å². The van der Waals surface area contributed by atoms with Crippen molar-refractivity contribution in [3.63, 3.8) is 0 Å². The van der Waals surface area contributed by atoms with E-state index >= 15 is 0 Å². The van der Waals surface area contributed by atoms with E-state index in [4.69, 9.17) is 9.47 Å². The van der Waals surface area contributed by atoms with Crippen LogP contribution in [0.4, 0.5) is 4.79 Å². The number of nitrogens with one attached hydrogen (secondary N) is 2. The first-order valence-corrected chi connectivity index (χ1v) is 5.74. The van der Waals surface area contributed by atoms with Crippen molar-refractivity contribution in [1.29, 1.82) is 0 Å². The number of morpholine rings is 1. The summed E-state index contributed by atoms with van der Waals surface area (Å²) in [6.07, 6.45) is 0.539. The van der Waals surface area contributed by atoms with Crippen molar-refractivity contribution in [2.24, 2.45) is 0 Å². The van der Waals surface area contributed by atoms with Crippen LogP contribution in [0.1, 0.15) is 27.2 Å². The lowest BCUT2D eigenvalue weighted by Crippen LogP contribution is -2.42. The van der Waals surface area contributed by atoms with Gasteiger partial charge in [-0.15, -0.1) is 0 Å². The molecule has 1 atom stereocenters. The third-order valence-electron chi connectivity index (χ3n) is 2.15. The van der Waals surface area contributed by atoms with Crippen molar-refractivity contribution in [3.05, 3.63) is 0 Å². The van der Waals surface area contributed by atoms with E-state index in [1.165, 1.54) is 0 Å². The first-order valence-electron chi connectivity index (χ1n) is 5.74. The summed E-state index contributed by atoms with van der Waals surface area (Å²) >= 11 is 0. The molecule has 1 aliphatic heterocycles. The Labute approximate surface area is 96.9 Å². The minimum atomic E-state index is -0.365. The van der Waals surface area contributed by atoms with E-state index in [2.05, 4.69) is 10.6 Å². The second-order valence-electron chi connectivity index (χ2n) is 5.00. The molecule has 0 aromatic carbocycles. The predicted molar refractivity (Wildman–Crippen MR) is 61.5 cm³/mol. The Hall–Kier alpha value is -0.810. The largest absolute Gasteiger partial charge is 0.449 e. The van der Waals surface area contributed by atoms with E-state index in [0.29, 0.717) is 6.61 Å². The monoisotopic (exact) mass is 230 g/mol. The normalized spacial score (nSPS) is 21.6. The number of hydrogen-bond donors (Lipinski definition) is 2. The first kappa shape index (κ1) is 13.3. The van der Waals surface area contributed by atoms with Gasteiger partial charge in [0, 0.05) is 25.0 Å². The van der Waals surface area contributed by atoms with Crippen molar-refractivity contribution in [1.82, 2.24) is 10.6 Å². The zero-order valence-corrected chi connectivity index (χ0v) is 10.3. The summed E-state index contributed by atoms with van der Waals surface area (Å²) in [5.41, 5.74) is -0.250. The quantitative estimate of drug-likeness (QED) is 0.756. The highest BCUT2D eigenvalue weighted by Crippen LogP contribution is 2.03. The molecule has 0 saturated carbocycles. The summed E-state index contributed by atoms with van der Waals surface area (Å²) in [5, 5.41) is 5.97. The molecule has 5 heteroatoms. The molecule has 0 bridgehead atoms. The molecule has 1 unspecified atom stereocenters. The van der Waals surface area contributed by atoms with Gasteiger partial charge in [0.1, 0.15) is 0 Å². The van der Waals surface area contributed by atoms with Gasteiger partial charge < -0.3 is 20.1 Å². The Morgan fingerprint density at radius 2 is 2.31 bits per heavy atom. The van der Waals surface area contributed by atoms with Gasteiger partial charge in [0.25, 0.3) is 0 Å². The lowest BCUT2D eigenvalue weighted by molar-refractivity contribution is 0.0110. The molecule has 0 aromatic rings. The zero-order chi connectivity index (χ0) is 12.0. The lowest BCUT2D eigenvalue weighted by atomic mass is 10.1.